The molecule has 0 N–H and O–H groups in total. The topological polar surface area (TPSA) is 30.7 Å². The van der Waals surface area contributed by atoms with Gasteiger partial charge in [0.2, 0.25) is 0 Å². The predicted octanol–water partition coefficient (Wildman–Crippen LogP) is 6.36. The highest BCUT2D eigenvalue weighted by Gasteiger charge is 2.18. The SMILES string of the molecule is CC(C)c1cc(-c2c3ccccc3nc3ccccc23)n(-c2ccccc2)n1. The number of rotatable bonds is 3. The van der Waals surface area contributed by atoms with Gasteiger partial charge >= 0.3 is 0 Å². The fourth-order valence-electron chi connectivity index (χ4n) is 3.74. The van der Waals surface area contributed by atoms with Gasteiger partial charge in [0.05, 0.1) is 28.1 Å². The van der Waals surface area contributed by atoms with Crippen LogP contribution in [0.25, 0.3) is 38.8 Å². The highest BCUT2D eigenvalue weighted by atomic mass is 15.3. The van der Waals surface area contributed by atoms with Crippen LogP contribution in [0.2, 0.25) is 0 Å². The van der Waals surface area contributed by atoms with Crippen molar-refractivity contribution in [3.8, 4) is 16.9 Å². The summed E-state index contributed by atoms with van der Waals surface area (Å²) in [6.45, 7) is 4.37. The fraction of sp³-hybridized carbons (Fsp3) is 0.120. The molecule has 136 valence electrons. The average molecular weight is 363 g/mol. The Hall–Kier alpha value is -3.46. The van der Waals surface area contributed by atoms with Crippen molar-refractivity contribution in [1.82, 2.24) is 14.8 Å². The average Bonchev–Trinajstić information content (AvgIpc) is 3.18. The zero-order valence-electron chi connectivity index (χ0n) is 16.0. The highest BCUT2D eigenvalue weighted by Crippen LogP contribution is 2.37. The lowest BCUT2D eigenvalue weighted by molar-refractivity contribution is 0.770. The van der Waals surface area contributed by atoms with E-state index in [2.05, 4.69) is 85.3 Å². The molecule has 0 saturated carbocycles. The lowest BCUT2D eigenvalue weighted by Gasteiger charge is -2.13. The van der Waals surface area contributed by atoms with Gasteiger partial charge in [-0.3, -0.25) is 0 Å². The van der Waals surface area contributed by atoms with Crippen LogP contribution >= 0.6 is 0 Å². The second-order valence-electron chi connectivity index (χ2n) is 7.38. The molecule has 0 saturated heterocycles. The molecule has 0 aliphatic heterocycles. The van der Waals surface area contributed by atoms with Gasteiger partial charge in [-0.2, -0.15) is 5.10 Å². The molecule has 2 heterocycles. The van der Waals surface area contributed by atoms with Crippen LogP contribution in [0.4, 0.5) is 0 Å². The lowest BCUT2D eigenvalue weighted by atomic mass is 9.99. The van der Waals surface area contributed by atoms with Crippen molar-refractivity contribution in [2.24, 2.45) is 0 Å². The minimum Gasteiger partial charge on any atom is -0.248 e. The maximum atomic E-state index is 4.97. The smallest absolute Gasteiger partial charge is 0.0757 e. The standard InChI is InChI=1S/C25H21N3/c1-17(2)23-16-24(28(27-23)18-10-4-3-5-11-18)25-19-12-6-8-14-21(19)26-22-15-9-7-13-20(22)25/h3-17H,1-2H3. The summed E-state index contributed by atoms with van der Waals surface area (Å²) >= 11 is 0. The molecule has 0 aliphatic rings. The molecule has 5 aromatic rings. The van der Waals surface area contributed by atoms with E-state index >= 15 is 0 Å². The third kappa shape index (κ3) is 2.67. The minimum absolute atomic E-state index is 0.350. The van der Waals surface area contributed by atoms with Crippen molar-refractivity contribution in [1.29, 1.82) is 0 Å². The van der Waals surface area contributed by atoms with Crippen molar-refractivity contribution >= 4 is 21.8 Å². The van der Waals surface area contributed by atoms with Crippen molar-refractivity contribution in [3.05, 3.63) is 90.6 Å². The number of benzene rings is 3. The summed E-state index contributed by atoms with van der Waals surface area (Å²) in [4.78, 5) is 4.88. The molecular formula is C25H21N3. The van der Waals surface area contributed by atoms with E-state index < -0.39 is 0 Å². The second-order valence-corrected chi connectivity index (χ2v) is 7.38. The maximum Gasteiger partial charge on any atom is 0.0757 e. The number of pyridine rings is 1. The molecule has 3 nitrogen and oxygen atoms in total. The van der Waals surface area contributed by atoms with E-state index in [-0.39, 0.29) is 0 Å². The number of hydrogen-bond donors (Lipinski definition) is 0. The van der Waals surface area contributed by atoms with Crippen molar-refractivity contribution in [3.63, 3.8) is 0 Å². The number of hydrogen-bond acceptors (Lipinski definition) is 2. The first kappa shape index (κ1) is 16.7. The Labute approximate surface area is 164 Å². The highest BCUT2D eigenvalue weighted by molar-refractivity contribution is 6.09. The van der Waals surface area contributed by atoms with E-state index in [0.717, 1.165) is 38.9 Å². The van der Waals surface area contributed by atoms with Crippen molar-refractivity contribution < 1.29 is 0 Å². The molecule has 3 heteroatoms. The van der Waals surface area contributed by atoms with Gasteiger partial charge in [-0.05, 0) is 36.2 Å². The Morgan fingerprint density at radius 1 is 0.714 bits per heavy atom. The van der Waals surface area contributed by atoms with Crippen LogP contribution in [0, 0.1) is 0 Å². The van der Waals surface area contributed by atoms with Crippen LogP contribution in [0.5, 0.6) is 0 Å². The zero-order valence-corrected chi connectivity index (χ0v) is 16.0. The monoisotopic (exact) mass is 363 g/mol. The first-order chi connectivity index (χ1) is 13.7. The Kier molecular flexibility index (Phi) is 3.94. The van der Waals surface area contributed by atoms with Crippen molar-refractivity contribution in [2.75, 3.05) is 0 Å². The van der Waals surface area contributed by atoms with Gasteiger partial charge in [0.25, 0.3) is 0 Å². The lowest BCUT2D eigenvalue weighted by Crippen LogP contribution is -2.01. The van der Waals surface area contributed by atoms with Crippen LogP contribution in [0.15, 0.2) is 84.9 Å². The summed E-state index contributed by atoms with van der Waals surface area (Å²) in [5, 5.41) is 7.26. The molecule has 28 heavy (non-hydrogen) atoms. The van der Waals surface area contributed by atoms with Crippen LogP contribution in [-0.2, 0) is 0 Å². The summed E-state index contributed by atoms with van der Waals surface area (Å²) in [5.74, 6) is 0.350. The number of para-hydroxylation sites is 3. The van der Waals surface area contributed by atoms with Gasteiger partial charge in [0.1, 0.15) is 0 Å². The Balaban J connectivity index is 1.92. The molecule has 0 aliphatic carbocycles. The van der Waals surface area contributed by atoms with Gasteiger partial charge in [-0.15, -0.1) is 0 Å². The first-order valence-corrected chi connectivity index (χ1v) is 9.65. The molecule has 5 rings (SSSR count). The molecule has 0 radical (unpaired) electrons. The van der Waals surface area contributed by atoms with Crippen LogP contribution in [-0.4, -0.2) is 14.8 Å². The van der Waals surface area contributed by atoms with Gasteiger partial charge in [0.15, 0.2) is 0 Å². The number of aromatic nitrogens is 3. The molecule has 0 bridgehead atoms. The van der Waals surface area contributed by atoms with E-state index in [4.69, 9.17) is 10.1 Å². The summed E-state index contributed by atoms with van der Waals surface area (Å²) in [6, 6.07) is 29.3. The summed E-state index contributed by atoms with van der Waals surface area (Å²) in [5.41, 5.74) is 6.44. The molecule has 2 aromatic heterocycles. The quantitative estimate of drug-likeness (QED) is 0.349. The van der Waals surface area contributed by atoms with E-state index in [0.29, 0.717) is 5.92 Å². The van der Waals surface area contributed by atoms with E-state index in [9.17, 15) is 0 Å². The largest absolute Gasteiger partial charge is 0.248 e. The molecule has 0 unspecified atom stereocenters. The van der Waals surface area contributed by atoms with Crippen molar-refractivity contribution in [2.45, 2.75) is 19.8 Å². The normalized spacial score (nSPS) is 11.5. The zero-order chi connectivity index (χ0) is 19.1. The van der Waals surface area contributed by atoms with Crippen LogP contribution in [0.1, 0.15) is 25.5 Å². The van der Waals surface area contributed by atoms with Gasteiger partial charge < -0.3 is 0 Å². The molecule has 0 fully saturated rings. The molecular weight excluding hydrogens is 342 g/mol. The van der Waals surface area contributed by atoms with E-state index in [1.165, 1.54) is 5.56 Å². The first-order valence-electron chi connectivity index (χ1n) is 9.65. The van der Waals surface area contributed by atoms with Gasteiger partial charge in [-0.25, -0.2) is 9.67 Å². The van der Waals surface area contributed by atoms with Gasteiger partial charge in [-0.1, -0.05) is 68.4 Å². The Morgan fingerprint density at radius 3 is 1.89 bits per heavy atom. The third-order valence-corrected chi connectivity index (χ3v) is 5.16. The van der Waals surface area contributed by atoms with Gasteiger partial charge in [0, 0.05) is 16.3 Å². The predicted molar refractivity (Wildman–Crippen MR) is 116 cm³/mol. The number of fused-ring (bicyclic) bond motifs is 2. The third-order valence-electron chi connectivity index (χ3n) is 5.16. The Bertz CT molecular complexity index is 1230. The molecule has 0 amide bonds. The molecule has 0 atom stereocenters. The van der Waals surface area contributed by atoms with E-state index in [1.54, 1.807) is 0 Å². The van der Waals surface area contributed by atoms with E-state index in [1.807, 2.05) is 18.2 Å². The second kappa shape index (κ2) is 6.61. The Morgan fingerprint density at radius 2 is 1.29 bits per heavy atom. The molecule has 3 aromatic carbocycles. The molecule has 0 spiro atoms. The van der Waals surface area contributed by atoms with Crippen LogP contribution < -0.4 is 0 Å². The van der Waals surface area contributed by atoms with Crippen LogP contribution in [0.3, 0.4) is 0 Å². The minimum atomic E-state index is 0.350. The summed E-state index contributed by atoms with van der Waals surface area (Å²) < 4.78 is 2.07. The summed E-state index contributed by atoms with van der Waals surface area (Å²) in [6.07, 6.45) is 0. The fourth-order valence-corrected chi connectivity index (χ4v) is 3.74. The number of nitrogens with zero attached hydrogens (tertiary/aromatic N) is 3. The summed E-state index contributed by atoms with van der Waals surface area (Å²) in [7, 11) is 0. The maximum absolute atomic E-state index is 4.97.